The van der Waals surface area contributed by atoms with Gasteiger partial charge in [0.15, 0.2) is 6.04 Å². The van der Waals surface area contributed by atoms with Gasteiger partial charge in [0.2, 0.25) is 0 Å². The fourth-order valence-corrected chi connectivity index (χ4v) is 2.46. The molecule has 1 aromatic rings. The lowest BCUT2D eigenvalue weighted by Crippen LogP contribution is -2.49. The van der Waals surface area contributed by atoms with E-state index >= 15 is 0 Å². The summed E-state index contributed by atoms with van der Waals surface area (Å²) in [7, 11) is 1.37. The molecule has 1 fully saturated rings. The zero-order chi connectivity index (χ0) is 17.9. The Morgan fingerprint density at radius 2 is 1.83 bits per heavy atom. The molecule has 2 atom stereocenters. The van der Waals surface area contributed by atoms with Crippen molar-refractivity contribution in [3.05, 3.63) is 35.9 Å². The molecular formula is C15H18N4O5. The summed E-state index contributed by atoms with van der Waals surface area (Å²) in [5, 5.41) is 14.0. The van der Waals surface area contributed by atoms with E-state index in [0.29, 0.717) is 5.56 Å². The summed E-state index contributed by atoms with van der Waals surface area (Å²) in [6.45, 7) is 1.63. The van der Waals surface area contributed by atoms with Crippen LogP contribution in [0.25, 0.3) is 0 Å². The minimum absolute atomic E-state index is 0.0367. The minimum atomic E-state index is -1.30. The first kappa shape index (κ1) is 17.3. The number of carboxylic acid groups (broad SMARTS) is 1. The van der Waals surface area contributed by atoms with Crippen molar-refractivity contribution in [2.24, 2.45) is 0 Å². The zero-order valence-corrected chi connectivity index (χ0v) is 13.2. The third-order valence-electron chi connectivity index (χ3n) is 3.65. The topological polar surface area (TPSA) is 119 Å². The molecule has 1 aromatic carbocycles. The van der Waals surface area contributed by atoms with Crippen molar-refractivity contribution in [2.45, 2.75) is 19.0 Å². The van der Waals surface area contributed by atoms with E-state index in [1.165, 1.54) is 7.05 Å². The van der Waals surface area contributed by atoms with Crippen LogP contribution in [0.4, 0.5) is 14.4 Å². The maximum Gasteiger partial charge on any atom is 0.336 e. The van der Waals surface area contributed by atoms with Gasteiger partial charge in [-0.05, 0) is 12.5 Å². The number of carbonyl (C=O) groups is 4. The molecule has 128 valence electrons. The van der Waals surface area contributed by atoms with Crippen LogP contribution in [0.1, 0.15) is 18.5 Å². The summed E-state index contributed by atoms with van der Waals surface area (Å²) >= 11 is 0. The normalized spacial score (nSPS) is 18.2. The minimum Gasteiger partial charge on any atom is -0.479 e. The number of carbonyl (C=O) groups excluding carboxylic acids is 3. The molecule has 2 unspecified atom stereocenters. The highest BCUT2D eigenvalue weighted by atomic mass is 16.4. The van der Waals surface area contributed by atoms with Crippen LogP contribution in [0, 0.1) is 0 Å². The van der Waals surface area contributed by atoms with Crippen LogP contribution in [0.5, 0.6) is 0 Å². The van der Waals surface area contributed by atoms with E-state index in [1.807, 2.05) is 0 Å². The number of carboxylic acids is 1. The number of hydrogen-bond donors (Lipinski definition) is 3. The SMILES string of the molecule is CNC(=O)N1CC(C)N(C(=O)NC(C(=O)O)c2ccccc2)C1=O. The van der Waals surface area contributed by atoms with Gasteiger partial charge >= 0.3 is 24.1 Å². The van der Waals surface area contributed by atoms with Crippen LogP contribution in [0.2, 0.25) is 0 Å². The van der Waals surface area contributed by atoms with Gasteiger partial charge in [0, 0.05) is 7.05 Å². The molecule has 3 N–H and O–H groups in total. The molecule has 0 spiro atoms. The highest BCUT2D eigenvalue weighted by molar-refractivity contribution is 6.03. The smallest absolute Gasteiger partial charge is 0.336 e. The van der Waals surface area contributed by atoms with Crippen molar-refractivity contribution in [2.75, 3.05) is 13.6 Å². The summed E-state index contributed by atoms with van der Waals surface area (Å²) < 4.78 is 0. The quantitative estimate of drug-likeness (QED) is 0.761. The zero-order valence-electron chi connectivity index (χ0n) is 13.2. The maximum absolute atomic E-state index is 12.4. The molecule has 1 saturated heterocycles. The van der Waals surface area contributed by atoms with E-state index in [0.717, 1.165) is 9.80 Å². The number of rotatable bonds is 3. The fraction of sp³-hybridized carbons (Fsp3) is 0.333. The summed E-state index contributed by atoms with van der Waals surface area (Å²) in [5.74, 6) is -1.25. The van der Waals surface area contributed by atoms with Gasteiger partial charge in [-0.25, -0.2) is 29.0 Å². The van der Waals surface area contributed by atoms with Crippen LogP contribution in [-0.4, -0.2) is 58.6 Å². The first-order valence-electron chi connectivity index (χ1n) is 7.27. The number of nitrogens with one attached hydrogen (secondary N) is 2. The van der Waals surface area contributed by atoms with Gasteiger partial charge in [-0.2, -0.15) is 0 Å². The molecule has 24 heavy (non-hydrogen) atoms. The summed E-state index contributed by atoms with van der Waals surface area (Å²) in [4.78, 5) is 49.4. The standard InChI is InChI=1S/C15H18N4O5/c1-9-8-18(13(22)16-2)15(24)19(9)14(23)17-11(12(20)21)10-6-4-3-5-7-10/h3-7,9,11H,8H2,1-2H3,(H,16,22)(H,17,23)(H,20,21). The summed E-state index contributed by atoms with van der Waals surface area (Å²) in [6, 6.07) is 3.98. The molecule has 2 rings (SSSR count). The molecule has 0 bridgehead atoms. The first-order chi connectivity index (χ1) is 11.4. The van der Waals surface area contributed by atoms with E-state index in [9.17, 15) is 24.3 Å². The highest BCUT2D eigenvalue weighted by Gasteiger charge is 2.42. The number of hydrogen-bond acceptors (Lipinski definition) is 4. The van der Waals surface area contributed by atoms with E-state index in [4.69, 9.17) is 0 Å². The monoisotopic (exact) mass is 334 g/mol. The second-order valence-corrected chi connectivity index (χ2v) is 5.30. The Hall–Kier alpha value is -3.10. The Bertz CT molecular complexity index is 663. The molecule has 0 aliphatic carbocycles. The lowest BCUT2D eigenvalue weighted by Gasteiger charge is -2.22. The van der Waals surface area contributed by atoms with E-state index in [1.54, 1.807) is 37.3 Å². The predicted octanol–water partition coefficient (Wildman–Crippen LogP) is 0.987. The Kier molecular flexibility index (Phi) is 5.02. The Balaban J connectivity index is 2.17. The lowest BCUT2D eigenvalue weighted by atomic mass is 10.1. The van der Waals surface area contributed by atoms with E-state index < -0.39 is 36.1 Å². The molecule has 1 heterocycles. The van der Waals surface area contributed by atoms with Crippen molar-refractivity contribution >= 4 is 24.1 Å². The molecule has 1 aliphatic heterocycles. The average molecular weight is 334 g/mol. The predicted molar refractivity (Wildman–Crippen MR) is 83.2 cm³/mol. The number of amides is 6. The van der Waals surface area contributed by atoms with Gasteiger partial charge in [0.1, 0.15) is 0 Å². The van der Waals surface area contributed by atoms with Crippen molar-refractivity contribution in [3.63, 3.8) is 0 Å². The molecule has 0 aromatic heterocycles. The number of benzene rings is 1. The number of nitrogens with zero attached hydrogens (tertiary/aromatic N) is 2. The van der Waals surface area contributed by atoms with Crippen molar-refractivity contribution in [3.8, 4) is 0 Å². The summed E-state index contributed by atoms with van der Waals surface area (Å²) in [5.41, 5.74) is 0.376. The Morgan fingerprint density at radius 1 is 1.21 bits per heavy atom. The van der Waals surface area contributed by atoms with Gasteiger partial charge in [0.05, 0.1) is 12.6 Å². The van der Waals surface area contributed by atoms with Crippen molar-refractivity contribution in [1.29, 1.82) is 0 Å². The highest BCUT2D eigenvalue weighted by Crippen LogP contribution is 2.19. The summed E-state index contributed by atoms with van der Waals surface area (Å²) in [6.07, 6.45) is 0. The van der Waals surface area contributed by atoms with Crippen LogP contribution < -0.4 is 10.6 Å². The maximum atomic E-state index is 12.4. The van der Waals surface area contributed by atoms with Crippen LogP contribution >= 0.6 is 0 Å². The Morgan fingerprint density at radius 3 is 2.38 bits per heavy atom. The molecule has 9 nitrogen and oxygen atoms in total. The van der Waals surface area contributed by atoms with E-state index in [-0.39, 0.29) is 6.54 Å². The lowest BCUT2D eigenvalue weighted by molar-refractivity contribution is -0.139. The van der Waals surface area contributed by atoms with Gasteiger partial charge in [-0.3, -0.25) is 0 Å². The van der Waals surface area contributed by atoms with Crippen LogP contribution in [-0.2, 0) is 4.79 Å². The molecule has 9 heteroatoms. The number of aliphatic carboxylic acids is 1. The third-order valence-corrected chi connectivity index (χ3v) is 3.65. The van der Waals surface area contributed by atoms with Gasteiger partial charge in [-0.15, -0.1) is 0 Å². The third kappa shape index (κ3) is 3.29. The fourth-order valence-electron chi connectivity index (χ4n) is 2.46. The van der Waals surface area contributed by atoms with Crippen molar-refractivity contribution < 1.29 is 24.3 Å². The van der Waals surface area contributed by atoms with Crippen LogP contribution in [0.3, 0.4) is 0 Å². The number of urea groups is 3. The molecule has 0 radical (unpaired) electrons. The average Bonchev–Trinajstić information content (AvgIpc) is 2.87. The van der Waals surface area contributed by atoms with Crippen LogP contribution in [0.15, 0.2) is 30.3 Å². The largest absolute Gasteiger partial charge is 0.479 e. The van der Waals surface area contributed by atoms with Gasteiger partial charge in [-0.1, -0.05) is 30.3 Å². The molecule has 0 saturated carbocycles. The van der Waals surface area contributed by atoms with Crippen molar-refractivity contribution in [1.82, 2.24) is 20.4 Å². The molecule has 6 amide bonds. The van der Waals surface area contributed by atoms with Gasteiger partial charge in [0.25, 0.3) is 0 Å². The second-order valence-electron chi connectivity index (χ2n) is 5.30. The molecular weight excluding hydrogens is 316 g/mol. The number of imide groups is 2. The van der Waals surface area contributed by atoms with E-state index in [2.05, 4.69) is 10.6 Å². The Labute approximate surface area is 138 Å². The second kappa shape index (κ2) is 6.99. The molecule has 1 aliphatic rings. The van der Waals surface area contributed by atoms with Gasteiger partial charge < -0.3 is 15.7 Å². The first-order valence-corrected chi connectivity index (χ1v) is 7.27.